The van der Waals surface area contributed by atoms with Crippen molar-refractivity contribution < 1.29 is 18.0 Å². The fourth-order valence-corrected chi connectivity index (χ4v) is 3.96. The number of halogens is 3. The van der Waals surface area contributed by atoms with Gasteiger partial charge >= 0.3 is 6.18 Å². The van der Waals surface area contributed by atoms with Crippen molar-refractivity contribution >= 4 is 43.2 Å². The van der Waals surface area contributed by atoms with E-state index in [0.29, 0.717) is 10.2 Å². The SMILES string of the molecule is O=C(Cn1cnc2c(sc3ccccc32)c1=O)Nc1cccc(C(F)(F)F)c1. The molecule has 2 aromatic heterocycles. The highest BCUT2D eigenvalue weighted by Crippen LogP contribution is 2.31. The minimum absolute atomic E-state index is 0.00349. The third kappa shape index (κ3) is 3.36. The van der Waals surface area contributed by atoms with Crippen molar-refractivity contribution in [3.05, 3.63) is 70.8 Å². The second-order valence-corrected chi connectivity index (χ2v) is 7.13. The summed E-state index contributed by atoms with van der Waals surface area (Å²) in [6, 6.07) is 11.8. The molecule has 1 amide bonds. The van der Waals surface area contributed by atoms with Crippen LogP contribution in [0.4, 0.5) is 18.9 Å². The second kappa shape index (κ2) is 6.75. The number of amides is 1. The molecule has 9 heteroatoms. The van der Waals surface area contributed by atoms with Crippen LogP contribution in [0.3, 0.4) is 0 Å². The summed E-state index contributed by atoms with van der Waals surface area (Å²) in [5, 5.41) is 3.24. The Bertz CT molecular complexity index is 1260. The molecule has 0 aliphatic carbocycles. The van der Waals surface area contributed by atoms with Crippen molar-refractivity contribution in [1.82, 2.24) is 9.55 Å². The molecule has 0 bridgehead atoms. The highest BCUT2D eigenvalue weighted by atomic mass is 32.1. The number of nitrogens with one attached hydrogen (secondary N) is 1. The van der Waals surface area contributed by atoms with Gasteiger partial charge in [-0.3, -0.25) is 14.2 Å². The first-order valence-electron chi connectivity index (χ1n) is 8.17. The summed E-state index contributed by atoms with van der Waals surface area (Å²) in [5.74, 6) is -0.622. The number of benzene rings is 2. The predicted octanol–water partition coefficient (Wildman–Crippen LogP) is 4.27. The van der Waals surface area contributed by atoms with Crippen LogP contribution in [0.1, 0.15) is 5.56 Å². The topological polar surface area (TPSA) is 64.0 Å². The van der Waals surface area contributed by atoms with Gasteiger partial charge in [0, 0.05) is 15.8 Å². The van der Waals surface area contributed by atoms with Crippen molar-refractivity contribution in [2.24, 2.45) is 0 Å². The molecular formula is C19H12F3N3O2S. The lowest BCUT2D eigenvalue weighted by Crippen LogP contribution is -2.27. The summed E-state index contributed by atoms with van der Waals surface area (Å²) in [5.41, 5.74) is -0.662. The Labute approximate surface area is 160 Å². The van der Waals surface area contributed by atoms with Crippen LogP contribution in [0.2, 0.25) is 0 Å². The lowest BCUT2D eigenvalue weighted by Gasteiger charge is -2.10. The van der Waals surface area contributed by atoms with Crippen LogP contribution >= 0.6 is 11.3 Å². The number of anilines is 1. The molecule has 4 aromatic rings. The standard InChI is InChI=1S/C19H12F3N3O2S/c20-19(21,22)11-4-3-5-12(8-11)24-15(26)9-25-10-23-16-13-6-1-2-7-14(13)28-17(16)18(25)27/h1-8,10H,9H2,(H,24,26). The number of rotatable bonds is 3. The summed E-state index contributed by atoms with van der Waals surface area (Å²) >= 11 is 1.29. The zero-order valence-corrected chi connectivity index (χ0v) is 15.0. The second-order valence-electron chi connectivity index (χ2n) is 6.08. The first kappa shape index (κ1) is 18.2. The average Bonchev–Trinajstić information content (AvgIpc) is 3.03. The Hall–Kier alpha value is -3.20. The van der Waals surface area contributed by atoms with Gasteiger partial charge in [0.2, 0.25) is 5.91 Å². The maximum atomic E-state index is 12.8. The van der Waals surface area contributed by atoms with Gasteiger partial charge in [0.15, 0.2) is 0 Å². The van der Waals surface area contributed by atoms with E-state index in [2.05, 4.69) is 10.3 Å². The van der Waals surface area contributed by atoms with Gasteiger partial charge in [-0.15, -0.1) is 11.3 Å². The number of nitrogens with zero attached hydrogens (tertiary/aromatic N) is 2. The van der Waals surface area contributed by atoms with E-state index in [9.17, 15) is 22.8 Å². The van der Waals surface area contributed by atoms with Gasteiger partial charge < -0.3 is 5.32 Å². The van der Waals surface area contributed by atoms with Crippen LogP contribution in [-0.2, 0) is 17.5 Å². The Kier molecular flexibility index (Phi) is 4.38. The monoisotopic (exact) mass is 403 g/mol. The molecule has 0 radical (unpaired) electrons. The molecule has 0 saturated heterocycles. The van der Waals surface area contributed by atoms with E-state index in [1.807, 2.05) is 24.3 Å². The number of alkyl halides is 3. The first-order chi connectivity index (χ1) is 13.3. The van der Waals surface area contributed by atoms with Crippen molar-refractivity contribution in [2.75, 3.05) is 5.32 Å². The van der Waals surface area contributed by atoms with Crippen LogP contribution < -0.4 is 10.9 Å². The quantitative estimate of drug-likeness (QED) is 0.556. The summed E-state index contributed by atoms with van der Waals surface area (Å²) < 4.78 is 40.8. The number of fused-ring (bicyclic) bond motifs is 3. The molecular weight excluding hydrogens is 391 g/mol. The first-order valence-corrected chi connectivity index (χ1v) is 8.98. The van der Waals surface area contributed by atoms with Crippen molar-refractivity contribution in [3.63, 3.8) is 0 Å². The maximum absolute atomic E-state index is 12.8. The molecule has 2 heterocycles. The summed E-state index contributed by atoms with van der Waals surface area (Å²) in [6.07, 6.45) is -3.23. The smallest absolute Gasteiger partial charge is 0.325 e. The Balaban J connectivity index is 1.60. The van der Waals surface area contributed by atoms with Gasteiger partial charge in [0.05, 0.1) is 17.4 Å². The van der Waals surface area contributed by atoms with E-state index in [-0.39, 0.29) is 17.8 Å². The van der Waals surface area contributed by atoms with E-state index >= 15 is 0 Å². The van der Waals surface area contributed by atoms with Crippen molar-refractivity contribution in [3.8, 4) is 0 Å². The Morgan fingerprint density at radius 1 is 1.14 bits per heavy atom. The van der Waals surface area contributed by atoms with E-state index in [4.69, 9.17) is 0 Å². The molecule has 4 rings (SSSR count). The molecule has 0 aliphatic heterocycles. The van der Waals surface area contributed by atoms with E-state index < -0.39 is 17.6 Å². The maximum Gasteiger partial charge on any atom is 0.416 e. The number of hydrogen-bond acceptors (Lipinski definition) is 4. The Morgan fingerprint density at radius 3 is 2.71 bits per heavy atom. The van der Waals surface area contributed by atoms with Gasteiger partial charge in [-0.05, 0) is 24.3 Å². The molecule has 28 heavy (non-hydrogen) atoms. The normalized spacial score (nSPS) is 11.8. The molecule has 0 spiro atoms. The number of carbonyl (C=O) groups excluding carboxylic acids is 1. The highest BCUT2D eigenvalue weighted by Gasteiger charge is 2.30. The molecule has 0 unspecified atom stereocenters. The average molecular weight is 403 g/mol. The summed E-state index contributed by atoms with van der Waals surface area (Å²) in [7, 11) is 0. The van der Waals surface area contributed by atoms with E-state index in [1.54, 1.807) is 0 Å². The lowest BCUT2D eigenvalue weighted by atomic mass is 10.2. The fourth-order valence-electron chi connectivity index (χ4n) is 2.86. The van der Waals surface area contributed by atoms with Crippen molar-refractivity contribution in [1.29, 1.82) is 0 Å². The molecule has 5 nitrogen and oxygen atoms in total. The number of carbonyl (C=O) groups is 1. The van der Waals surface area contributed by atoms with Crippen molar-refractivity contribution in [2.45, 2.75) is 12.7 Å². The fraction of sp³-hybridized carbons (Fsp3) is 0.105. The number of thiophene rings is 1. The largest absolute Gasteiger partial charge is 0.416 e. The molecule has 0 saturated carbocycles. The third-order valence-electron chi connectivity index (χ3n) is 4.14. The molecule has 142 valence electrons. The molecule has 0 fully saturated rings. The highest BCUT2D eigenvalue weighted by molar-refractivity contribution is 7.25. The number of hydrogen-bond donors (Lipinski definition) is 1. The summed E-state index contributed by atoms with van der Waals surface area (Å²) in [4.78, 5) is 29.2. The lowest BCUT2D eigenvalue weighted by molar-refractivity contribution is -0.137. The minimum Gasteiger partial charge on any atom is -0.325 e. The zero-order chi connectivity index (χ0) is 19.9. The van der Waals surface area contributed by atoms with Crippen LogP contribution in [0.5, 0.6) is 0 Å². The number of aromatic nitrogens is 2. The van der Waals surface area contributed by atoms with Gasteiger partial charge in [0.1, 0.15) is 11.2 Å². The summed E-state index contributed by atoms with van der Waals surface area (Å²) in [6.45, 7) is -0.355. The molecule has 0 atom stereocenters. The van der Waals surface area contributed by atoms with E-state index in [1.165, 1.54) is 29.8 Å². The van der Waals surface area contributed by atoms with Crippen LogP contribution in [-0.4, -0.2) is 15.5 Å². The predicted molar refractivity (Wildman–Crippen MR) is 101 cm³/mol. The molecule has 2 aromatic carbocycles. The molecule has 0 aliphatic rings. The van der Waals surface area contributed by atoms with Gasteiger partial charge in [0.25, 0.3) is 5.56 Å². The van der Waals surface area contributed by atoms with E-state index in [0.717, 1.165) is 26.8 Å². The Morgan fingerprint density at radius 2 is 1.93 bits per heavy atom. The van der Waals surface area contributed by atoms with Gasteiger partial charge in [-0.2, -0.15) is 13.2 Å². The van der Waals surface area contributed by atoms with Crippen LogP contribution in [0, 0.1) is 0 Å². The zero-order valence-electron chi connectivity index (χ0n) is 14.2. The minimum atomic E-state index is -4.51. The van der Waals surface area contributed by atoms with Crippen LogP contribution in [0.25, 0.3) is 20.3 Å². The van der Waals surface area contributed by atoms with Crippen LogP contribution in [0.15, 0.2) is 59.7 Å². The third-order valence-corrected chi connectivity index (χ3v) is 5.29. The van der Waals surface area contributed by atoms with Gasteiger partial charge in [-0.25, -0.2) is 4.98 Å². The van der Waals surface area contributed by atoms with Gasteiger partial charge in [-0.1, -0.05) is 24.3 Å². The molecule has 1 N–H and O–H groups in total.